The molecule has 1 aliphatic heterocycles. The van der Waals surface area contributed by atoms with Crippen LogP contribution in [-0.2, 0) is 0 Å². The fourth-order valence-corrected chi connectivity index (χ4v) is 2.05. The van der Waals surface area contributed by atoms with E-state index in [1.54, 1.807) is 0 Å². The monoisotopic (exact) mass is 403 g/mol. The molecule has 13 heteroatoms. The number of anilines is 1. The SMILES string of the molecule is N#Cc1cc(OC(F)(F)F)cc(F)c1N1C=CC(C(F)(F)C(F)(F)F)=NC1. The molecule has 0 aliphatic carbocycles. The van der Waals surface area contributed by atoms with Gasteiger partial charge < -0.3 is 9.64 Å². The van der Waals surface area contributed by atoms with Crippen LogP contribution in [0.3, 0.4) is 0 Å². The van der Waals surface area contributed by atoms with Crippen LogP contribution in [0, 0.1) is 17.1 Å². The Balaban J connectivity index is 2.34. The average Bonchev–Trinajstić information content (AvgIpc) is 2.51. The van der Waals surface area contributed by atoms with Gasteiger partial charge in [0, 0.05) is 18.3 Å². The maximum absolute atomic E-state index is 14.1. The zero-order valence-corrected chi connectivity index (χ0v) is 12.7. The third kappa shape index (κ3) is 4.26. The van der Waals surface area contributed by atoms with E-state index in [9.17, 15) is 39.5 Å². The van der Waals surface area contributed by atoms with Gasteiger partial charge in [0.2, 0.25) is 0 Å². The topological polar surface area (TPSA) is 48.6 Å². The Kier molecular flexibility index (Phi) is 5.04. The Morgan fingerprint density at radius 3 is 2.15 bits per heavy atom. The lowest BCUT2D eigenvalue weighted by molar-refractivity contribution is -0.274. The summed E-state index contributed by atoms with van der Waals surface area (Å²) in [5.41, 5.74) is -2.98. The number of hydrogen-bond acceptors (Lipinski definition) is 4. The fraction of sp³-hybridized carbons (Fsp3) is 0.286. The highest BCUT2D eigenvalue weighted by atomic mass is 19.4. The Bertz CT molecular complexity index is 834. The minimum absolute atomic E-state index is 0.262. The van der Waals surface area contributed by atoms with Gasteiger partial charge in [-0.1, -0.05) is 0 Å². The third-order valence-corrected chi connectivity index (χ3v) is 3.16. The van der Waals surface area contributed by atoms with Gasteiger partial charge in [0.05, 0.1) is 11.3 Å². The Hall–Kier alpha value is -2.91. The zero-order valence-electron chi connectivity index (χ0n) is 12.7. The molecule has 0 aromatic heterocycles. The molecule has 0 saturated carbocycles. The van der Waals surface area contributed by atoms with Gasteiger partial charge in [0.1, 0.15) is 24.2 Å². The van der Waals surface area contributed by atoms with E-state index in [0.717, 1.165) is 0 Å². The molecule has 0 spiro atoms. The molecule has 0 bridgehead atoms. The van der Waals surface area contributed by atoms with E-state index in [2.05, 4.69) is 9.73 Å². The Morgan fingerprint density at radius 2 is 1.70 bits per heavy atom. The van der Waals surface area contributed by atoms with E-state index < -0.39 is 53.7 Å². The van der Waals surface area contributed by atoms with Crippen LogP contribution in [0.4, 0.5) is 45.2 Å². The molecule has 27 heavy (non-hydrogen) atoms. The van der Waals surface area contributed by atoms with Crippen molar-refractivity contribution in [2.75, 3.05) is 11.6 Å². The average molecular weight is 403 g/mol. The zero-order chi connectivity index (χ0) is 20.6. The summed E-state index contributed by atoms with van der Waals surface area (Å²) < 4.78 is 118. The summed E-state index contributed by atoms with van der Waals surface area (Å²) in [5, 5.41) is 8.98. The third-order valence-electron chi connectivity index (χ3n) is 3.16. The van der Waals surface area contributed by atoms with Gasteiger partial charge in [0.15, 0.2) is 5.82 Å². The molecule has 146 valence electrons. The number of aliphatic imine (C=N–C) groups is 1. The van der Waals surface area contributed by atoms with Gasteiger partial charge in [-0.15, -0.1) is 13.2 Å². The molecule has 2 rings (SSSR count). The van der Waals surface area contributed by atoms with Crippen molar-refractivity contribution in [1.29, 1.82) is 5.26 Å². The summed E-state index contributed by atoms with van der Waals surface area (Å²) >= 11 is 0. The molecule has 0 fully saturated rings. The minimum Gasteiger partial charge on any atom is -0.406 e. The number of hydrogen-bond donors (Lipinski definition) is 0. The van der Waals surface area contributed by atoms with Crippen LogP contribution in [-0.4, -0.2) is 30.8 Å². The summed E-state index contributed by atoms with van der Waals surface area (Å²) in [6.45, 7) is -0.928. The van der Waals surface area contributed by atoms with Crippen LogP contribution in [0.5, 0.6) is 5.75 Å². The molecule has 1 aliphatic rings. The van der Waals surface area contributed by atoms with Crippen LogP contribution >= 0.6 is 0 Å². The van der Waals surface area contributed by atoms with Crippen LogP contribution in [0.2, 0.25) is 0 Å². The van der Waals surface area contributed by atoms with Gasteiger partial charge in [0.25, 0.3) is 0 Å². The van der Waals surface area contributed by atoms with Crippen LogP contribution in [0.25, 0.3) is 0 Å². The summed E-state index contributed by atoms with van der Waals surface area (Å²) in [6, 6.07) is 2.20. The standard InChI is InChI=1S/C14H6F9N3O/c15-9-4-8(27-14(21,22)23)3-7(5-24)11(9)26-2-1-10(25-6-26)12(16,17)13(18,19)20/h1-4H,6H2. The highest BCUT2D eigenvalue weighted by molar-refractivity contribution is 6.02. The predicted octanol–water partition coefficient (Wildman–Crippen LogP) is 4.53. The lowest BCUT2D eigenvalue weighted by Gasteiger charge is -2.27. The number of benzene rings is 1. The van der Waals surface area contributed by atoms with Crippen molar-refractivity contribution in [2.45, 2.75) is 18.5 Å². The molecule has 0 radical (unpaired) electrons. The first kappa shape index (κ1) is 20.4. The second-order valence-electron chi connectivity index (χ2n) is 5.00. The molecule has 0 unspecified atom stereocenters. The summed E-state index contributed by atoms with van der Waals surface area (Å²) in [4.78, 5) is 3.70. The van der Waals surface area contributed by atoms with Gasteiger partial charge in [-0.3, -0.25) is 4.99 Å². The lowest BCUT2D eigenvalue weighted by Crippen LogP contribution is -2.45. The van der Waals surface area contributed by atoms with Crippen molar-refractivity contribution < 1.29 is 44.3 Å². The first-order valence-corrected chi connectivity index (χ1v) is 6.70. The van der Waals surface area contributed by atoms with E-state index >= 15 is 0 Å². The number of nitriles is 1. The smallest absolute Gasteiger partial charge is 0.406 e. The highest BCUT2D eigenvalue weighted by Gasteiger charge is 2.60. The van der Waals surface area contributed by atoms with Crippen molar-refractivity contribution in [1.82, 2.24) is 0 Å². The molecule has 0 amide bonds. The van der Waals surface area contributed by atoms with Crippen molar-refractivity contribution in [2.24, 2.45) is 4.99 Å². The quantitative estimate of drug-likeness (QED) is 0.698. The molecule has 4 nitrogen and oxygen atoms in total. The fourth-order valence-electron chi connectivity index (χ4n) is 2.05. The van der Waals surface area contributed by atoms with Crippen LogP contribution < -0.4 is 9.64 Å². The molecule has 1 aromatic rings. The summed E-state index contributed by atoms with van der Waals surface area (Å²) in [5.74, 6) is -7.70. The highest BCUT2D eigenvalue weighted by Crippen LogP contribution is 2.38. The molecule has 0 N–H and O–H groups in total. The number of halogens is 9. The normalized spacial score (nSPS) is 15.4. The van der Waals surface area contributed by atoms with Gasteiger partial charge in [-0.2, -0.15) is 27.2 Å². The van der Waals surface area contributed by atoms with E-state index in [1.807, 2.05) is 0 Å². The number of alkyl halides is 8. The summed E-state index contributed by atoms with van der Waals surface area (Å²) in [6.07, 6.45) is -10.2. The van der Waals surface area contributed by atoms with Crippen molar-refractivity contribution in [3.8, 4) is 11.8 Å². The van der Waals surface area contributed by atoms with E-state index in [1.165, 1.54) is 6.07 Å². The minimum atomic E-state index is -5.90. The Labute approximate surface area is 144 Å². The van der Waals surface area contributed by atoms with Gasteiger partial charge in [-0.25, -0.2) is 4.39 Å². The second kappa shape index (κ2) is 6.67. The van der Waals surface area contributed by atoms with E-state index in [4.69, 9.17) is 5.26 Å². The number of allylic oxidation sites excluding steroid dienone is 1. The number of rotatable bonds is 3. The van der Waals surface area contributed by atoms with Crippen molar-refractivity contribution in [3.63, 3.8) is 0 Å². The number of ether oxygens (including phenoxy) is 1. The maximum atomic E-state index is 14.1. The van der Waals surface area contributed by atoms with Crippen LogP contribution in [0.15, 0.2) is 29.4 Å². The second-order valence-corrected chi connectivity index (χ2v) is 5.00. The van der Waals surface area contributed by atoms with Gasteiger partial charge in [-0.05, 0) is 6.08 Å². The molecular formula is C14H6F9N3O. The van der Waals surface area contributed by atoms with Gasteiger partial charge >= 0.3 is 18.5 Å². The van der Waals surface area contributed by atoms with E-state index in [0.29, 0.717) is 17.2 Å². The molecular weight excluding hydrogens is 397 g/mol. The molecule has 1 aromatic carbocycles. The van der Waals surface area contributed by atoms with E-state index in [-0.39, 0.29) is 12.1 Å². The molecule has 0 atom stereocenters. The maximum Gasteiger partial charge on any atom is 0.573 e. The lowest BCUT2D eigenvalue weighted by atomic mass is 10.1. The molecule has 1 heterocycles. The van der Waals surface area contributed by atoms with Crippen molar-refractivity contribution in [3.05, 3.63) is 35.8 Å². The number of nitrogens with zero attached hydrogens (tertiary/aromatic N) is 3. The first-order chi connectivity index (χ1) is 12.3. The largest absolute Gasteiger partial charge is 0.573 e. The molecule has 0 saturated heterocycles. The predicted molar refractivity (Wildman–Crippen MR) is 72.7 cm³/mol. The van der Waals surface area contributed by atoms with Crippen LogP contribution in [0.1, 0.15) is 5.56 Å². The first-order valence-electron chi connectivity index (χ1n) is 6.70. The van der Waals surface area contributed by atoms with Crippen molar-refractivity contribution >= 4 is 11.4 Å². The summed E-state index contributed by atoms with van der Waals surface area (Å²) in [7, 11) is 0. The Morgan fingerprint density at radius 1 is 1.07 bits per heavy atom.